The molecule has 0 atom stereocenters. The molecule has 0 aliphatic heterocycles. The molecule has 0 saturated heterocycles. The maximum absolute atomic E-state index is 5.76. The molecule has 2 aromatic carbocycles. The molecule has 142 valence electrons. The van der Waals surface area contributed by atoms with Crippen LogP contribution in [-0.2, 0) is 0 Å². The second-order valence-corrected chi connectivity index (χ2v) is 7.67. The zero-order chi connectivity index (χ0) is 19.5. The van der Waals surface area contributed by atoms with Crippen LogP contribution in [0.1, 0.15) is 13.8 Å². The monoisotopic (exact) mass is 391 g/mol. The van der Waals surface area contributed by atoms with Crippen LogP contribution in [0.5, 0.6) is 11.5 Å². The third-order valence-corrected chi connectivity index (χ3v) is 5.06. The fourth-order valence-corrected chi connectivity index (χ4v) is 3.81. The van der Waals surface area contributed by atoms with E-state index in [0.717, 1.165) is 43.7 Å². The van der Waals surface area contributed by atoms with Gasteiger partial charge in [0.2, 0.25) is 0 Å². The first-order chi connectivity index (χ1) is 13.6. The fourth-order valence-electron chi connectivity index (χ4n) is 2.89. The standard InChI is InChI=1S/C22H21N3O2S/c1-14(2)27-18-6-4-5-17(11-18)24-22-25-20-8-7-15(10-21(20)28-22)16-9-19(26-3)13-23-12-16/h4-14H,1-3H3,(H,24,25). The molecule has 4 rings (SSSR count). The Bertz CT molecular complexity index is 1110. The minimum absolute atomic E-state index is 0.141. The van der Waals surface area contributed by atoms with Crippen LogP contribution in [0.3, 0.4) is 0 Å². The molecular weight excluding hydrogens is 370 g/mol. The first-order valence-electron chi connectivity index (χ1n) is 9.04. The number of nitrogens with one attached hydrogen (secondary N) is 1. The highest BCUT2D eigenvalue weighted by atomic mass is 32.1. The number of hydrogen-bond acceptors (Lipinski definition) is 6. The van der Waals surface area contributed by atoms with Gasteiger partial charge in [0.1, 0.15) is 11.5 Å². The van der Waals surface area contributed by atoms with Crippen molar-refractivity contribution in [1.29, 1.82) is 0 Å². The molecular formula is C22H21N3O2S. The van der Waals surface area contributed by atoms with E-state index in [9.17, 15) is 0 Å². The molecule has 0 radical (unpaired) electrons. The van der Waals surface area contributed by atoms with E-state index in [1.54, 1.807) is 24.6 Å². The molecule has 1 N–H and O–H groups in total. The van der Waals surface area contributed by atoms with Gasteiger partial charge in [-0.3, -0.25) is 4.98 Å². The summed E-state index contributed by atoms with van der Waals surface area (Å²) in [5, 5.41) is 4.22. The van der Waals surface area contributed by atoms with Crippen molar-refractivity contribution in [1.82, 2.24) is 9.97 Å². The zero-order valence-corrected chi connectivity index (χ0v) is 16.8. The third-order valence-electron chi connectivity index (χ3n) is 4.13. The van der Waals surface area contributed by atoms with Crippen molar-refractivity contribution in [2.75, 3.05) is 12.4 Å². The van der Waals surface area contributed by atoms with Gasteiger partial charge >= 0.3 is 0 Å². The molecule has 0 unspecified atom stereocenters. The average molecular weight is 391 g/mol. The molecule has 28 heavy (non-hydrogen) atoms. The number of anilines is 2. The summed E-state index contributed by atoms with van der Waals surface area (Å²) in [6.45, 7) is 4.03. The maximum atomic E-state index is 5.76. The van der Waals surface area contributed by atoms with Gasteiger partial charge in [0.25, 0.3) is 0 Å². The highest BCUT2D eigenvalue weighted by Crippen LogP contribution is 2.33. The van der Waals surface area contributed by atoms with E-state index in [-0.39, 0.29) is 6.10 Å². The van der Waals surface area contributed by atoms with Crippen molar-refractivity contribution < 1.29 is 9.47 Å². The lowest BCUT2D eigenvalue weighted by Crippen LogP contribution is -2.05. The Morgan fingerprint density at radius 3 is 2.68 bits per heavy atom. The Labute approximate surface area is 168 Å². The highest BCUT2D eigenvalue weighted by Gasteiger charge is 2.08. The number of benzene rings is 2. The summed E-state index contributed by atoms with van der Waals surface area (Å²) in [4.78, 5) is 8.93. The van der Waals surface area contributed by atoms with Crippen molar-refractivity contribution in [2.24, 2.45) is 0 Å². The van der Waals surface area contributed by atoms with Gasteiger partial charge in [-0.2, -0.15) is 0 Å². The zero-order valence-electron chi connectivity index (χ0n) is 16.0. The molecule has 0 aliphatic carbocycles. The molecule has 0 bridgehead atoms. The smallest absolute Gasteiger partial charge is 0.188 e. The van der Waals surface area contributed by atoms with E-state index in [2.05, 4.69) is 22.4 Å². The van der Waals surface area contributed by atoms with Crippen LogP contribution >= 0.6 is 11.3 Å². The van der Waals surface area contributed by atoms with Gasteiger partial charge < -0.3 is 14.8 Å². The topological polar surface area (TPSA) is 56.3 Å². The molecule has 2 heterocycles. The van der Waals surface area contributed by atoms with Gasteiger partial charge in [-0.25, -0.2) is 4.98 Å². The van der Waals surface area contributed by atoms with Gasteiger partial charge in [-0.1, -0.05) is 23.5 Å². The lowest BCUT2D eigenvalue weighted by molar-refractivity contribution is 0.242. The Kier molecular flexibility index (Phi) is 5.12. The number of thiazole rings is 1. The molecule has 0 saturated carbocycles. The number of aromatic nitrogens is 2. The summed E-state index contributed by atoms with van der Waals surface area (Å²) in [6, 6.07) is 16.1. The summed E-state index contributed by atoms with van der Waals surface area (Å²) >= 11 is 1.62. The van der Waals surface area contributed by atoms with Gasteiger partial charge in [0, 0.05) is 23.5 Å². The summed E-state index contributed by atoms with van der Waals surface area (Å²) in [5.41, 5.74) is 4.01. The number of nitrogens with zero attached hydrogens (tertiary/aromatic N) is 2. The van der Waals surface area contributed by atoms with E-state index >= 15 is 0 Å². The number of fused-ring (bicyclic) bond motifs is 1. The molecule has 6 heteroatoms. The van der Waals surface area contributed by atoms with Crippen molar-refractivity contribution in [2.45, 2.75) is 20.0 Å². The predicted molar refractivity (Wildman–Crippen MR) is 115 cm³/mol. The van der Waals surface area contributed by atoms with Gasteiger partial charge in [-0.15, -0.1) is 0 Å². The summed E-state index contributed by atoms with van der Waals surface area (Å²) in [6.07, 6.45) is 3.68. The van der Waals surface area contributed by atoms with Crippen LogP contribution in [0.15, 0.2) is 60.9 Å². The second-order valence-electron chi connectivity index (χ2n) is 6.63. The Balaban J connectivity index is 1.60. The largest absolute Gasteiger partial charge is 0.495 e. The number of hydrogen-bond donors (Lipinski definition) is 1. The van der Waals surface area contributed by atoms with Crippen molar-refractivity contribution in [3.05, 3.63) is 60.9 Å². The molecule has 5 nitrogen and oxygen atoms in total. The normalized spacial score (nSPS) is 11.0. The second kappa shape index (κ2) is 7.86. The summed E-state index contributed by atoms with van der Waals surface area (Å²) < 4.78 is 12.1. The lowest BCUT2D eigenvalue weighted by atomic mass is 10.1. The quantitative estimate of drug-likeness (QED) is 0.444. The lowest BCUT2D eigenvalue weighted by Gasteiger charge is -2.11. The predicted octanol–water partition coefficient (Wildman–Crippen LogP) is 5.90. The van der Waals surface area contributed by atoms with Crippen LogP contribution in [-0.4, -0.2) is 23.2 Å². The van der Waals surface area contributed by atoms with Crippen LogP contribution < -0.4 is 14.8 Å². The SMILES string of the molecule is COc1cncc(-c2ccc3nc(Nc4cccc(OC(C)C)c4)sc3c2)c1. The first kappa shape index (κ1) is 18.3. The molecule has 4 aromatic rings. The van der Waals surface area contributed by atoms with E-state index in [0.29, 0.717) is 0 Å². The molecule has 0 fully saturated rings. The molecule has 0 amide bonds. The van der Waals surface area contributed by atoms with Crippen molar-refractivity contribution in [3.8, 4) is 22.6 Å². The van der Waals surface area contributed by atoms with Crippen molar-refractivity contribution in [3.63, 3.8) is 0 Å². The summed E-state index contributed by atoms with van der Waals surface area (Å²) in [5.74, 6) is 1.58. The van der Waals surface area contributed by atoms with Crippen molar-refractivity contribution >= 4 is 32.4 Å². The Hall–Kier alpha value is -3.12. The fraction of sp³-hybridized carbons (Fsp3) is 0.182. The van der Waals surface area contributed by atoms with E-state index < -0.39 is 0 Å². The maximum Gasteiger partial charge on any atom is 0.188 e. The number of methoxy groups -OCH3 is 1. The minimum atomic E-state index is 0.141. The van der Waals surface area contributed by atoms with E-state index in [1.807, 2.05) is 56.4 Å². The Morgan fingerprint density at radius 1 is 0.964 bits per heavy atom. The average Bonchev–Trinajstić information content (AvgIpc) is 3.09. The number of ether oxygens (including phenoxy) is 2. The van der Waals surface area contributed by atoms with Crippen LogP contribution in [0, 0.1) is 0 Å². The van der Waals surface area contributed by atoms with Gasteiger partial charge in [0.05, 0.1) is 29.6 Å². The molecule has 2 aromatic heterocycles. The Morgan fingerprint density at radius 2 is 1.86 bits per heavy atom. The highest BCUT2D eigenvalue weighted by molar-refractivity contribution is 7.22. The van der Waals surface area contributed by atoms with Crippen LogP contribution in [0.4, 0.5) is 10.8 Å². The third kappa shape index (κ3) is 4.07. The van der Waals surface area contributed by atoms with Gasteiger partial charge in [-0.05, 0) is 49.7 Å². The van der Waals surface area contributed by atoms with E-state index in [4.69, 9.17) is 14.5 Å². The molecule has 0 aliphatic rings. The minimum Gasteiger partial charge on any atom is -0.495 e. The summed E-state index contributed by atoms with van der Waals surface area (Å²) in [7, 11) is 1.65. The number of pyridine rings is 1. The first-order valence-corrected chi connectivity index (χ1v) is 9.86. The van der Waals surface area contributed by atoms with Crippen LogP contribution in [0.2, 0.25) is 0 Å². The van der Waals surface area contributed by atoms with Gasteiger partial charge in [0.15, 0.2) is 5.13 Å². The molecule has 0 spiro atoms. The van der Waals surface area contributed by atoms with E-state index in [1.165, 1.54) is 0 Å². The number of rotatable bonds is 6. The van der Waals surface area contributed by atoms with Crippen LogP contribution in [0.25, 0.3) is 21.3 Å².